The zero-order valence-corrected chi connectivity index (χ0v) is 17.1. The van der Waals surface area contributed by atoms with Crippen LogP contribution in [0.25, 0.3) is 0 Å². The second-order valence-corrected chi connectivity index (χ2v) is 14.7. The third-order valence-corrected chi connectivity index (χ3v) is 7.28. The van der Waals surface area contributed by atoms with E-state index < -0.39 is 8.07 Å². The molecule has 0 N–H and O–H groups in total. The Morgan fingerprint density at radius 3 is 2.14 bits per heavy atom. The topological polar surface area (TPSA) is 0 Å². The fraction of sp³-hybridized carbons (Fsp3) is 0.700. The van der Waals surface area contributed by atoms with Crippen molar-refractivity contribution in [2.45, 2.75) is 94.1 Å². The third kappa shape index (κ3) is 10.5. The maximum atomic E-state index is 2.50. The van der Waals surface area contributed by atoms with Crippen LogP contribution in [-0.2, 0) is 0 Å². The first-order valence-corrected chi connectivity index (χ1v) is 13.8. The summed E-state index contributed by atoms with van der Waals surface area (Å²) in [5.41, 5.74) is 0. The van der Waals surface area contributed by atoms with Crippen LogP contribution < -0.4 is 0 Å². The first kappa shape index (κ1) is 19.8. The Morgan fingerprint density at radius 2 is 1.50 bits per heavy atom. The summed E-state index contributed by atoms with van der Waals surface area (Å²) in [6.45, 7) is 9.80. The van der Waals surface area contributed by atoms with Crippen molar-refractivity contribution in [3.05, 3.63) is 30.3 Å². The fourth-order valence-corrected chi connectivity index (χ4v) is 5.34. The number of hydrogen-bond acceptors (Lipinski definition) is 1. The molecule has 22 heavy (non-hydrogen) atoms. The van der Waals surface area contributed by atoms with Gasteiger partial charge < -0.3 is 0 Å². The molecule has 1 aromatic rings. The zero-order valence-electron chi connectivity index (χ0n) is 15.2. The molecule has 0 bridgehead atoms. The quantitative estimate of drug-likeness (QED) is 0.215. The summed E-state index contributed by atoms with van der Waals surface area (Å²) in [5, 5.41) is 0.820. The first-order chi connectivity index (χ1) is 10.5. The number of benzene rings is 1. The Bertz CT molecular complexity index is 369. The van der Waals surface area contributed by atoms with Gasteiger partial charge in [-0.3, -0.25) is 0 Å². The molecule has 0 aliphatic carbocycles. The molecule has 0 radical (unpaired) electrons. The third-order valence-electron chi connectivity index (χ3n) is 4.14. The van der Waals surface area contributed by atoms with Crippen molar-refractivity contribution < 1.29 is 0 Å². The van der Waals surface area contributed by atoms with Crippen LogP contribution in [-0.4, -0.2) is 13.3 Å². The van der Waals surface area contributed by atoms with Crippen molar-refractivity contribution in [1.29, 1.82) is 0 Å². The van der Waals surface area contributed by atoms with Crippen molar-refractivity contribution in [3.63, 3.8) is 0 Å². The van der Waals surface area contributed by atoms with Gasteiger partial charge in [0.2, 0.25) is 0 Å². The second-order valence-electron chi connectivity index (χ2n) is 7.71. The average molecular weight is 337 g/mol. The molecule has 0 aliphatic heterocycles. The Kier molecular flexibility index (Phi) is 10.2. The van der Waals surface area contributed by atoms with E-state index in [9.17, 15) is 0 Å². The van der Waals surface area contributed by atoms with Gasteiger partial charge in [-0.25, -0.2) is 0 Å². The summed E-state index contributed by atoms with van der Waals surface area (Å²) in [6, 6.07) is 12.5. The van der Waals surface area contributed by atoms with E-state index in [1.54, 1.807) is 0 Å². The lowest BCUT2D eigenvalue weighted by Gasteiger charge is -2.22. The highest BCUT2D eigenvalue weighted by Gasteiger charge is 2.17. The van der Waals surface area contributed by atoms with Crippen LogP contribution in [0, 0.1) is 0 Å². The normalized spacial score (nSPS) is 13.3. The average Bonchev–Trinajstić information content (AvgIpc) is 2.48. The van der Waals surface area contributed by atoms with Gasteiger partial charge in [0, 0.05) is 18.2 Å². The number of rotatable bonds is 12. The van der Waals surface area contributed by atoms with Crippen LogP contribution >= 0.6 is 11.8 Å². The molecule has 0 amide bonds. The molecule has 0 nitrogen and oxygen atoms in total. The molecule has 2 heteroatoms. The van der Waals surface area contributed by atoms with Crippen molar-refractivity contribution >= 4 is 19.8 Å². The van der Waals surface area contributed by atoms with Crippen molar-refractivity contribution in [2.24, 2.45) is 0 Å². The number of hydrogen-bond donors (Lipinski definition) is 0. The van der Waals surface area contributed by atoms with Gasteiger partial charge in [-0.2, -0.15) is 0 Å². The minimum atomic E-state index is -0.916. The van der Waals surface area contributed by atoms with Crippen LogP contribution in [0.5, 0.6) is 0 Å². The summed E-state index contributed by atoms with van der Waals surface area (Å²) >= 11 is 2.12. The summed E-state index contributed by atoms with van der Waals surface area (Å²) in [5.74, 6) is 0. The van der Waals surface area contributed by atoms with E-state index in [1.165, 1.54) is 62.3 Å². The van der Waals surface area contributed by atoms with E-state index in [1.807, 2.05) is 0 Å². The summed E-state index contributed by atoms with van der Waals surface area (Å²) < 4.78 is 0. The van der Waals surface area contributed by atoms with Gasteiger partial charge in [-0.15, -0.1) is 11.8 Å². The standard InChI is InChI=1S/C20H36SSi/c1-5-6-7-8-9-11-16-20(17-18-22(2,3)4)21-19-14-12-10-13-15-19/h10,12-15,20H,5-9,11,16-18H2,1-4H3. The highest BCUT2D eigenvalue weighted by Crippen LogP contribution is 2.31. The van der Waals surface area contributed by atoms with Gasteiger partial charge in [0.1, 0.15) is 0 Å². The lowest BCUT2D eigenvalue weighted by Crippen LogP contribution is -2.21. The monoisotopic (exact) mass is 336 g/mol. The molecule has 0 aliphatic rings. The predicted octanol–water partition coefficient (Wildman–Crippen LogP) is 7.63. The molecule has 0 aromatic heterocycles. The molecule has 1 aromatic carbocycles. The molecule has 0 spiro atoms. The van der Waals surface area contributed by atoms with E-state index >= 15 is 0 Å². The number of unbranched alkanes of at least 4 members (excludes halogenated alkanes) is 5. The summed E-state index contributed by atoms with van der Waals surface area (Å²) in [7, 11) is -0.916. The summed E-state index contributed by atoms with van der Waals surface area (Å²) in [6.07, 6.45) is 11.3. The highest BCUT2D eigenvalue weighted by molar-refractivity contribution is 8.00. The van der Waals surface area contributed by atoms with Gasteiger partial charge in [0.25, 0.3) is 0 Å². The molecule has 0 saturated carbocycles. The van der Waals surface area contributed by atoms with Crippen LogP contribution in [0.15, 0.2) is 35.2 Å². The SMILES string of the molecule is CCCCCCCCC(CC[Si](C)(C)C)Sc1ccccc1. The maximum absolute atomic E-state index is 2.50. The van der Waals surface area contributed by atoms with Gasteiger partial charge >= 0.3 is 0 Å². The van der Waals surface area contributed by atoms with Crippen LogP contribution in [0.1, 0.15) is 58.3 Å². The second kappa shape index (κ2) is 11.3. The zero-order chi connectivity index (χ0) is 16.3. The van der Waals surface area contributed by atoms with Crippen LogP contribution in [0.2, 0.25) is 25.7 Å². The van der Waals surface area contributed by atoms with Crippen molar-refractivity contribution in [2.75, 3.05) is 0 Å². The Balaban J connectivity index is 2.37. The van der Waals surface area contributed by atoms with E-state index in [4.69, 9.17) is 0 Å². The fourth-order valence-electron chi connectivity index (χ4n) is 2.70. The Hall–Kier alpha value is -0.213. The van der Waals surface area contributed by atoms with Crippen LogP contribution in [0.3, 0.4) is 0 Å². The molecule has 0 saturated heterocycles. The first-order valence-electron chi connectivity index (χ1n) is 9.23. The molecular weight excluding hydrogens is 300 g/mol. The predicted molar refractivity (Wildman–Crippen MR) is 107 cm³/mol. The molecule has 1 atom stereocenters. The van der Waals surface area contributed by atoms with E-state index in [0.29, 0.717) is 0 Å². The molecular formula is C20H36SSi. The Labute approximate surface area is 144 Å². The molecule has 126 valence electrons. The van der Waals surface area contributed by atoms with Crippen LogP contribution in [0.4, 0.5) is 0 Å². The lowest BCUT2D eigenvalue weighted by molar-refractivity contribution is 0.577. The summed E-state index contributed by atoms with van der Waals surface area (Å²) in [4.78, 5) is 1.45. The minimum absolute atomic E-state index is 0.820. The van der Waals surface area contributed by atoms with E-state index in [-0.39, 0.29) is 0 Å². The molecule has 1 rings (SSSR count). The van der Waals surface area contributed by atoms with Gasteiger partial charge in [0.15, 0.2) is 0 Å². The van der Waals surface area contributed by atoms with Gasteiger partial charge in [-0.1, -0.05) is 89.3 Å². The lowest BCUT2D eigenvalue weighted by atomic mass is 10.1. The minimum Gasteiger partial charge on any atom is -0.123 e. The maximum Gasteiger partial charge on any atom is 0.0443 e. The molecule has 0 heterocycles. The molecule has 1 unspecified atom stereocenters. The van der Waals surface area contributed by atoms with Crippen molar-refractivity contribution in [1.82, 2.24) is 0 Å². The molecule has 0 fully saturated rings. The van der Waals surface area contributed by atoms with E-state index in [0.717, 1.165) is 5.25 Å². The van der Waals surface area contributed by atoms with E-state index in [2.05, 4.69) is 68.7 Å². The largest absolute Gasteiger partial charge is 0.123 e. The smallest absolute Gasteiger partial charge is 0.0443 e. The van der Waals surface area contributed by atoms with Gasteiger partial charge in [-0.05, 0) is 25.0 Å². The van der Waals surface area contributed by atoms with Crippen molar-refractivity contribution in [3.8, 4) is 0 Å². The Morgan fingerprint density at radius 1 is 0.864 bits per heavy atom. The highest BCUT2D eigenvalue weighted by atomic mass is 32.2. The number of thioether (sulfide) groups is 1. The van der Waals surface area contributed by atoms with Gasteiger partial charge in [0.05, 0.1) is 0 Å².